The number of halogens is 1. The lowest BCUT2D eigenvalue weighted by atomic mass is 10.4. The van der Waals surface area contributed by atoms with Gasteiger partial charge < -0.3 is 4.74 Å². The largest absolute Gasteiger partial charge is 0.460 e. The van der Waals surface area contributed by atoms with Crippen LogP contribution in [0.15, 0.2) is 11.6 Å². The second-order valence-corrected chi connectivity index (χ2v) is 1.63. The maximum absolute atomic E-state index is 10.5. The van der Waals surface area contributed by atoms with E-state index >= 15 is 0 Å². The van der Waals surface area contributed by atoms with Gasteiger partial charge in [-0.25, -0.2) is 4.79 Å². The maximum atomic E-state index is 10.5. The SMILES string of the molecule is CCOC(=O)C(=O)/C=C\Cl. The molecule has 0 aromatic carbocycles. The molecule has 10 heavy (non-hydrogen) atoms. The smallest absolute Gasteiger partial charge is 0.379 e. The molecule has 0 atom stereocenters. The van der Waals surface area contributed by atoms with Crippen LogP contribution in [0.25, 0.3) is 0 Å². The minimum atomic E-state index is -0.876. The van der Waals surface area contributed by atoms with Gasteiger partial charge in [0.15, 0.2) is 0 Å². The van der Waals surface area contributed by atoms with Gasteiger partial charge >= 0.3 is 5.97 Å². The van der Waals surface area contributed by atoms with Gasteiger partial charge in [0, 0.05) is 11.6 Å². The van der Waals surface area contributed by atoms with E-state index < -0.39 is 11.8 Å². The third-order valence-electron chi connectivity index (χ3n) is 0.691. The summed E-state index contributed by atoms with van der Waals surface area (Å²) in [5.41, 5.74) is 0.971. The molecule has 0 bridgehead atoms. The fourth-order valence-corrected chi connectivity index (χ4v) is 0.442. The monoisotopic (exact) mass is 162 g/mol. The van der Waals surface area contributed by atoms with Crippen LogP contribution in [0, 0.1) is 0 Å². The van der Waals surface area contributed by atoms with Crippen LogP contribution in [0.5, 0.6) is 0 Å². The van der Waals surface area contributed by atoms with E-state index in [0.717, 1.165) is 11.6 Å². The molecule has 0 N–H and O–H groups in total. The topological polar surface area (TPSA) is 43.4 Å². The van der Waals surface area contributed by atoms with Gasteiger partial charge in [-0.2, -0.15) is 0 Å². The average molecular weight is 163 g/mol. The lowest BCUT2D eigenvalue weighted by Gasteiger charge is -1.94. The van der Waals surface area contributed by atoms with Crippen molar-refractivity contribution in [1.82, 2.24) is 0 Å². The molecule has 0 spiro atoms. The van der Waals surface area contributed by atoms with Crippen molar-refractivity contribution in [2.45, 2.75) is 6.92 Å². The Hall–Kier alpha value is -0.830. The summed E-state index contributed by atoms with van der Waals surface area (Å²) >= 11 is 5.03. The van der Waals surface area contributed by atoms with Crippen LogP contribution in [0.1, 0.15) is 6.92 Å². The molecule has 0 unspecified atom stereocenters. The summed E-state index contributed by atoms with van der Waals surface area (Å²) in [4.78, 5) is 20.9. The van der Waals surface area contributed by atoms with E-state index in [4.69, 9.17) is 11.6 Å². The van der Waals surface area contributed by atoms with Gasteiger partial charge in [0.2, 0.25) is 0 Å². The van der Waals surface area contributed by atoms with E-state index in [0.29, 0.717) is 0 Å². The van der Waals surface area contributed by atoms with E-state index in [1.165, 1.54) is 0 Å². The molecule has 0 saturated heterocycles. The number of esters is 1. The summed E-state index contributed by atoms with van der Waals surface area (Å²) < 4.78 is 4.36. The van der Waals surface area contributed by atoms with Crippen LogP contribution in [0.4, 0.5) is 0 Å². The Balaban J connectivity index is 3.83. The Kier molecular flexibility index (Phi) is 4.58. The molecule has 0 radical (unpaired) electrons. The van der Waals surface area contributed by atoms with Crippen molar-refractivity contribution >= 4 is 23.4 Å². The zero-order valence-electron chi connectivity index (χ0n) is 5.46. The Morgan fingerprint density at radius 2 is 2.20 bits per heavy atom. The van der Waals surface area contributed by atoms with Crippen molar-refractivity contribution in [3.8, 4) is 0 Å². The number of carbonyl (C=O) groups excluding carboxylic acids is 2. The highest BCUT2D eigenvalue weighted by Gasteiger charge is 2.09. The number of hydrogen-bond donors (Lipinski definition) is 0. The normalized spacial score (nSPS) is 9.80. The fraction of sp³-hybridized carbons (Fsp3) is 0.333. The van der Waals surface area contributed by atoms with Gasteiger partial charge in [0.25, 0.3) is 5.78 Å². The Morgan fingerprint density at radius 3 is 2.60 bits per heavy atom. The van der Waals surface area contributed by atoms with Crippen molar-refractivity contribution in [3.05, 3.63) is 11.6 Å². The molecule has 0 aliphatic heterocycles. The van der Waals surface area contributed by atoms with E-state index in [9.17, 15) is 9.59 Å². The van der Waals surface area contributed by atoms with Crippen molar-refractivity contribution < 1.29 is 14.3 Å². The summed E-state index contributed by atoms with van der Waals surface area (Å²) in [7, 11) is 0. The maximum Gasteiger partial charge on any atom is 0.379 e. The quantitative estimate of drug-likeness (QED) is 0.351. The standard InChI is InChI=1S/C6H7ClO3/c1-2-10-6(9)5(8)3-4-7/h3-4H,2H2,1H3/b4-3-. The molecule has 56 valence electrons. The first kappa shape index (κ1) is 9.17. The second-order valence-electron chi connectivity index (χ2n) is 1.38. The molecule has 0 saturated carbocycles. The van der Waals surface area contributed by atoms with Crippen molar-refractivity contribution in [2.75, 3.05) is 6.61 Å². The first-order valence-corrected chi connectivity index (χ1v) is 3.13. The van der Waals surface area contributed by atoms with Crippen LogP contribution in [0.2, 0.25) is 0 Å². The summed E-state index contributed by atoms with van der Waals surface area (Å²) in [6.45, 7) is 1.82. The zero-order chi connectivity index (χ0) is 7.98. The molecule has 0 aromatic rings. The van der Waals surface area contributed by atoms with Crippen molar-refractivity contribution in [2.24, 2.45) is 0 Å². The van der Waals surface area contributed by atoms with Crippen LogP contribution in [-0.2, 0) is 14.3 Å². The van der Waals surface area contributed by atoms with Gasteiger partial charge in [-0.05, 0) is 6.92 Å². The second kappa shape index (κ2) is 4.99. The molecule has 0 aromatic heterocycles. The summed E-state index contributed by atoms with van der Waals surface area (Å²) in [5, 5.41) is 0. The molecular weight excluding hydrogens is 156 g/mol. The van der Waals surface area contributed by atoms with E-state index in [1.807, 2.05) is 0 Å². The summed E-state index contributed by atoms with van der Waals surface area (Å²) in [6.07, 6.45) is 0.944. The van der Waals surface area contributed by atoms with Crippen molar-refractivity contribution in [3.63, 3.8) is 0 Å². The number of ether oxygens (including phenoxy) is 1. The predicted octanol–water partition coefficient (Wildman–Crippen LogP) is 0.871. The van der Waals surface area contributed by atoms with E-state index in [1.54, 1.807) is 6.92 Å². The molecular formula is C6H7ClO3. The van der Waals surface area contributed by atoms with Crippen LogP contribution in [-0.4, -0.2) is 18.4 Å². The molecule has 0 rings (SSSR count). The highest BCUT2D eigenvalue weighted by Crippen LogP contribution is 1.85. The van der Waals surface area contributed by atoms with Crippen LogP contribution >= 0.6 is 11.6 Å². The first-order valence-electron chi connectivity index (χ1n) is 2.70. The van der Waals surface area contributed by atoms with Crippen LogP contribution < -0.4 is 0 Å². The first-order chi connectivity index (χ1) is 4.72. The molecule has 0 aliphatic rings. The number of rotatable bonds is 3. The van der Waals surface area contributed by atoms with Crippen LogP contribution in [0.3, 0.4) is 0 Å². The van der Waals surface area contributed by atoms with Gasteiger partial charge in [-0.3, -0.25) is 4.79 Å². The van der Waals surface area contributed by atoms with Gasteiger partial charge in [-0.15, -0.1) is 0 Å². The van der Waals surface area contributed by atoms with Crippen molar-refractivity contribution in [1.29, 1.82) is 0 Å². The molecule has 0 fully saturated rings. The van der Waals surface area contributed by atoms with E-state index in [-0.39, 0.29) is 6.61 Å². The molecule has 0 amide bonds. The van der Waals surface area contributed by atoms with E-state index in [2.05, 4.69) is 4.74 Å². The lowest BCUT2D eigenvalue weighted by molar-refractivity contribution is -0.151. The summed E-state index contributed by atoms with van der Waals surface area (Å²) in [6, 6.07) is 0. The number of carbonyl (C=O) groups is 2. The number of ketones is 1. The Labute approximate surface area is 63.6 Å². The fourth-order valence-electron chi connectivity index (χ4n) is 0.327. The molecule has 0 aliphatic carbocycles. The minimum Gasteiger partial charge on any atom is -0.460 e. The number of hydrogen-bond acceptors (Lipinski definition) is 3. The zero-order valence-corrected chi connectivity index (χ0v) is 6.22. The highest BCUT2D eigenvalue weighted by atomic mass is 35.5. The molecule has 0 heterocycles. The Bertz CT molecular complexity index is 162. The molecule has 3 nitrogen and oxygen atoms in total. The van der Waals surface area contributed by atoms with Gasteiger partial charge in [0.05, 0.1) is 6.61 Å². The van der Waals surface area contributed by atoms with Gasteiger partial charge in [0.1, 0.15) is 0 Å². The lowest BCUT2D eigenvalue weighted by Crippen LogP contribution is -2.14. The highest BCUT2D eigenvalue weighted by molar-refractivity contribution is 6.40. The third kappa shape index (κ3) is 3.25. The Morgan fingerprint density at radius 1 is 1.60 bits per heavy atom. The minimum absolute atomic E-state index is 0.195. The predicted molar refractivity (Wildman–Crippen MR) is 36.6 cm³/mol. The summed E-state index contributed by atoms with van der Waals surface area (Å²) in [5.74, 6) is -1.61. The van der Waals surface area contributed by atoms with Gasteiger partial charge in [-0.1, -0.05) is 11.6 Å². The molecule has 4 heteroatoms. The average Bonchev–Trinajstić information content (AvgIpc) is 1.89. The third-order valence-corrected chi connectivity index (χ3v) is 0.817.